The molecule has 0 fully saturated rings. The van der Waals surface area contributed by atoms with Crippen LogP contribution >= 0.6 is 0 Å². The Hall–Kier alpha value is -2.08. The maximum atomic E-state index is 13.5. The highest BCUT2D eigenvalue weighted by Gasteiger charge is 2.11. The van der Waals surface area contributed by atoms with E-state index in [1.54, 1.807) is 36.1 Å². The molecule has 1 heterocycles. The van der Waals surface area contributed by atoms with Crippen LogP contribution in [0.4, 0.5) is 4.39 Å². The van der Waals surface area contributed by atoms with E-state index in [2.05, 4.69) is 11.0 Å². The Labute approximate surface area is 87.4 Å². The third kappa shape index (κ3) is 1.62. The predicted octanol–water partition coefficient (Wildman–Crippen LogP) is 2.21. The summed E-state index contributed by atoms with van der Waals surface area (Å²) in [5.74, 6) is 2.15. The van der Waals surface area contributed by atoms with Gasteiger partial charge in [0.1, 0.15) is 11.5 Å². The van der Waals surface area contributed by atoms with E-state index in [1.165, 1.54) is 6.07 Å². The number of terminal acetylenes is 1. The summed E-state index contributed by atoms with van der Waals surface area (Å²) < 4.78 is 15.1. The average molecular weight is 200 g/mol. The van der Waals surface area contributed by atoms with Gasteiger partial charge in [0.05, 0.1) is 0 Å². The van der Waals surface area contributed by atoms with Gasteiger partial charge < -0.3 is 0 Å². The molecule has 1 aromatic carbocycles. The normalized spacial score (nSPS) is 9.93. The van der Waals surface area contributed by atoms with Crippen molar-refractivity contribution in [2.24, 2.45) is 7.05 Å². The molecular weight excluding hydrogens is 191 g/mol. The number of aryl methyl sites for hydroxylation is 1. The number of rotatable bonds is 1. The average Bonchev–Trinajstić information content (AvgIpc) is 2.60. The van der Waals surface area contributed by atoms with Crippen molar-refractivity contribution < 1.29 is 4.39 Å². The van der Waals surface area contributed by atoms with E-state index in [9.17, 15) is 4.39 Å². The summed E-state index contributed by atoms with van der Waals surface area (Å²) in [6.45, 7) is 0. The number of nitrogens with zero attached hydrogens (tertiary/aromatic N) is 2. The molecule has 0 bridgehead atoms. The highest BCUT2D eigenvalue weighted by molar-refractivity contribution is 5.68. The Morgan fingerprint density at radius 3 is 2.73 bits per heavy atom. The van der Waals surface area contributed by atoms with E-state index in [-0.39, 0.29) is 5.82 Å². The molecule has 0 aliphatic heterocycles. The summed E-state index contributed by atoms with van der Waals surface area (Å²) in [4.78, 5) is 0. The number of benzene rings is 1. The fourth-order valence-corrected chi connectivity index (χ4v) is 1.47. The van der Waals surface area contributed by atoms with Gasteiger partial charge in [-0.05, 0) is 12.0 Å². The second kappa shape index (κ2) is 3.58. The lowest BCUT2D eigenvalue weighted by Gasteiger charge is -1.99. The summed E-state index contributed by atoms with van der Waals surface area (Å²) in [5, 5.41) is 4.06. The van der Waals surface area contributed by atoms with E-state index >= 15 is 0 Å². The molecule has 0 aliphatic carbocycles. The molecule has 2 rings (SSSR count). The Kier molecular flexibility index (Phi) is 2.26. The standard InChI is InChI=1S/C12H9FN2/c1-3-12-10(8-15(2)14-12)9-6-4-5-7-11(9)13/h1,4-8H,2H3. The fourth-order valence-electron chi connectivity index (χ4n) is 1.47. The van der Waals surface area contributed by atoms with Gasteiger partial charge >= 0.3 is 0 Å². The van der Waals surface area contributed by atoms with E-state index in [4.69, 9.17) is 6.42 Å². The largest absolute Gasteiger partial charge is 0.274 e. The zero-order valence-electron chi connectivity index (χ0n) is 8.24. The number of hydrogen-bond donors (Lipinski definition) is 0. The van der Waals surface area contributed by atoms with Crippen LogP contribution in [-0.4, -0.2) is 9.78 Å². The van der Waals surface area contributed by atoms with Gasteiger partial charge in [-0.2, -0.15) is 5.10 Å². The molecule has 0 unspecified atom stereocenters. The first-order chi connectivity index (χ1) is 7.22. The Morgan fingerprint density at radius 1 is 1.33 bits per heavy atom. The second-order valence-corrected chi connectivity index (χ2v) is 3.19. The highest BCUT2D eigenvalue weighted by atomic mass is 19.1. The lowest BCUT2D eigenvalue weighted by molar-refractivity contribution is 0.631. The molecule has 0 atom stereocenters. The first-order valence-electron chi connectivity index (χ1n) is 4.47. The third-order valence-electron chi connectivity index (χ3n) is 2.13. The molecule has 2 aromatic rings. The number of hydrogen-bond acceptors (Lipinski definition) is 1. The molecule has 0 aliphatic rings. The van der Waals surface area contributed by atoms with Gasteiger partial charge in [0.25, 0.3) is 0 Å². The van der Waals surface area contributed by atoms with E-state index in [0.717, 1.165) is 0 Å². The van der Waals surface area contributed by atoms with Crippen molar-refractivity contribution in [3.8, 4) is 23.5 Å². The minimum Gasteiger partial charge on any atom is -0.274 e. The van der Waals surface area contributed by atoms with Crippen molar-refractivity contribution in [3.63, 3.8) is 0 Å². The third-order valence-corrected chi connectivity index (χ3v) is 2.13. The van der Waals surface area contributed by atoms with Crippen molar-refractivity contribution in [2.75, 3.05) is 0 Å². The minimum atomic E-state index is -0.290. The van der Waals surface area contributed by atoms with Crippen LogP contribution in [0.25, 0.3) is 11.1 Å². The van der Waals surface area contributed by atoms with Gasteiger partial charge in [-0.15, -0.1) is 6.42 Å². The van der Waals surface area contributed by atoms with Crippen molar-refractivity contribution in [3.05, 3.63) is 42.0 Å². The van der Waals surface area contributed by atoms with Crippen LogP contribution in [0.3, 0.4) is 0 Å². The quantitative estimate of drug-likeness (QED) is 0.645. The molecule has 74 valence electrons. The van der Waals surface area contributed by atoms with Gasteiger partial charge in [-0.25, -0.2) is 4.39 Å². The minimum absolute atomic E-state index is 0.290. The summed E-state index contributed by atoms with van der Waals surface area (Å²) in [5.41, 5.74) is 1.60. The van der Waals surface area contributed by atoms with Crippen LogP contribution in [0, 0.1) is 18.2 Å². The fraction of sp³-hybridized carbons (Fsp3) is 0.0833. The lowest BCUT2D eigenvalue weighted by Crippen LogP contribution is -1.86. The van der Waals surface area contributed by atoms with Gasteiger partial charge in [0.2, 0.25) is 0 Å². The lowest BCUT2D eigenvalue weighted by atomic mass is 10.1. The van der Waals surface area contributed by atoms with Crippen LogP contribution < -0.4 is 0 Å². The van der Waals surface area contributed by atoms with Crippen molar-refractivity contribution in [1.82, 2.24) is 9.78 Å². The van der Waals surface area contributed by atoms with Crippen LogP contribution in [-0.2, 0) is 7.05 Å². The second-order valence-electron chi connectivity index (χ2n) is 3.19. The van der Waals surface area contributed by atoms with Gasteiger partial charge in [-0.3, -0.25) is 4.68 Å². The van der Waals surface area contributed by atoms with Crippen LogP contribution in [0.5, 0.6) is 0 Å². The zero-order valence-corrected chi connectivity index (χ0v) is 8.24. The smallest absolute Gasteiger partial charge is 0.142 e. The number of halogens is 1. The molecule has 2 nitrogen and oxygen atoms in total. The maximum absolute atomic E-state index is 13.5. The molecule has 15 heavy (non-hydrogen) atoms. The summed E-state index contributed by atoms with van der Waals surface area (Å²) in [6, 6.07) is 6.51. The Bertz CT molecular complexity index is 535. The topological polar surface area (TPSA) is 17.8 Å². The molecule has 0 amide bonds. The first kappa shape index (κ1) is 9.47. The molecular formula is C12H9FN2. The maximum Gasteiger partial charge on any atom is 0.142 e. The van der Waals surface area contributed by atoms with Crippen LogP contribution in [0.2, 0.25) is 0 Å². The zero-order chi connectivity index (χ0) is 10.8. The van der Waals surface area contributed by atoms with Gasteiger partial charge in [0, 0.05) is 24.4 Å². The summed E-state index contributed by atoms with van der Waals surface area (Å²) in [6.07, 6.45) is 7.02. The van der Waals surface area contributed by atoms with E-state index < -0.39 is 0 Å². The van der Waals surface area contributed by atoms with Gasteiger partial charge in [0.15, 0.2) is 0 Å². The molecule has 0 saturated carbocycles. The molecule has 0 saturated heterocycles. The molecule has 0 N–H and O–H groups in total. The monoisotopic (exact) mass is 200 g/mol. The number of aromatic nitrogens is 2. The van der Waals surface area contributed by atoms with Crippen molar-refractivity contribution in [1.29, 1.82) is 0 Å². The Balaban J connectivity index is 2.65. The summed E-state index contributed by atoms with van der Waals surface area (Å²) >= 11 is 0. The van der Waals surface area contributed by atoms with Gasteiger partial charge in [-0.1, -0.05) is 18.2 Å². The SMILES string of the molecule is C#Cc1nn(C)cc1-c1ccccc1F. The molecule has 0 radical (unpaired) electrons. The predicted molar refractivity (Wildman–Crippen MR) is 56.5 cm³/mol. The van der Waals surface area contributed by atoms with Crippen LogP contribution in [0.15, 0.2) is 30.5 Å². The molecule has 0 spiro atoms. The molecule has 3 heteroatoms. The molecule has 1 aromatic heterocycles. The highest BCUT2D eigenvalue weighted by Crippen LogP contribution is 2.24. The van der Waals surface area contributed by atoms with Crippen LogP contribution in [0.1, 0.15) is 5.69 Å². The van der Waals surface area contributed by atoms with E-state index in [1.807, 2.05) is 0 Å². The first-order valence-corrected chi connectivity index (χ1v) is 4.47. The van der Waals surface area contributed by atoms with Crippen molar-refractivity contribution in [2.45, 2.75) is 0 Å². The summed E-state index contributed by atoms with van der Waals surface area (Å²) in [7, 11) is 1.76. The van der Waals surface area contributed by atoms with Crippen molar-refractivity contribution >= 4 is 0 Å². The van der Waals surface area contributed by atoms with E-state index in [0.29, 0.717) is 16.8 Å². The Morgan fingerprint density at radius 2 is 2.07 bits per heavy atom.